The average Bonchev–Trinajstić information content (AvgIpc) is 2.71. The minimum absolute atomic E-state index is 0.0666. The Morgan fingerprint density at radius 1 is 0.778 bits per heavy atom. The van der Waals surface area contributed by atoms with Crippen LogP contribution in [-0.4, -0.2) is 61.4 Å². The van der Waals surface area contributed by atoms with Gasteiger partial charge in [0, 0.05) is 25.0 Å². The fourth-order valence-electron chi connectivity index (χ4n) is 3.53. The second-order valence-corrected chi connectivity index (χ2v) is 8.28. The van der Waals surface area contributed by atoms with Gasteiger partial charge in [0.05, 0.1) is 25.4 Å². The lowest BCUT2D eigenvalue weighted by molar-refractivity contribution is -0.173. The molecule has 2 N–H and O–H groups in total. The molecule has 2 aliphatic heterocycles. The van der Waals surface area contributed by atoms with Gasteiger partial charge in [0.15, 0.2) is 12.6 Å². The quantitative estimate of drug-likeness (QED) is 0.534. The lowest BCUT2D eigenvalue weighted by Crippen LogP contribution is -2.30. The van der Waals surface area contributed by atoms with Gasteiger partial charge in [0.2, 0.25) is 0 Å². The third-order valence-electron chi connectivity index (χ3n) is 5.68. The molecule has 0 saturated carbocycles. The van der Waals surface area contributed by atoms with E-state index in [2.05, 4.69) is 0 Å². The van der Waals surface area contributed by atoms with Gasteiger partial charge in [-0.1, -0.05) is 13.8 Å². The highest BCUT2D eigenvalue weighted by molar-refractivity contribution is 4.69. The molecule has 0 aliphatic carbocycles. The van der Waals surface area contributed by atoms with Crippen LogP contribution in [0.3, 0.4) is 0 Å². The average molecular weight is 389 g/mol. The van der Waals surface area contributed by atoms with E-state index in [-0.39, 0.29) is 24.4 Å². The maximum Gasteiger partial charge on any atom is 0.157 e. The van der Waals surface area contributed by atoms with Crippen molar-refractivity contribution in [2.45, 2.75) is 96.4 Å². The van der Waals surface area contributed by atoms with Crippen molar-refractivity contribution in [2.75, 3.05) is 26.4 Å². The van der Waals surface area contributed by atoms with E-state index < -0.39 is 12.2 Å². The van der Waals surface area contributed by atoms with Crippen LogP contribution in [0, 0.1) is 11.8 Å². The molecular weight excluding hydrogens is 348 g/mol. The Balaban J connectivity index is 1.52. The molecule has 2 fully saturated rings. The molecule has 0 amide bonds. The lowest BCUT2D eigenvalue weighted by Gasteiger charge is -2.27. The highest BCUT2D eigenvalue weighted by atomic mass is 16.7. The van der Waals surface area contributed by atoms with Crippen molar-refractivity contribution < 1.29 is 29.2 Å². The van der Waals surface area contributed by atoms with Crippen molar-refractivity contribution in [3.05, 3.63) is 0 Å². The Hall–Kier alpha value is -0.240. The van der Waals surface area contributed by atoms with Crippen LogP contribution >= 0.6 is 0 Å². The van der Waals surface area contributed by atoms with Gasteiger partial charge in [-0.05, 0) is 57.8 Å². The Kier molecular flexibility index (Phi) is 11.2. The Morgan fingerprint density at radius 3 is 1.59 bits per heavy atom. The summed E-state index contributed by atoms with van der Waals surface area (Å²) < 4.78 is 22.6. The van der Waals surface area contributed by atoms with Crippen LogP contribution in [0.2, 0.25) is 0 Å². The molecule has 6 nitrogen and oxygen atoms in total. The maximum absolute atomic E-state index is 10.3. The van der Waals surface area contributed by atoms with Crippen molar-refractivity contribution in [1.29, 1.82) is 0 Å². The Bertz CT molecular complexity index is 334. The monoisotopic (exact) mass is 388 g/mol. The lowest BCUT2D eigenvalue weighted by atomic mass is 9.96. The molecule has 0 aromatic rings. The molecule has 2 rings (SSSR count). The third kappa shape index (κ3) is 9.20. The van der Waals surface area contributed by atoms with Crippen molar-refractivity contribution in [3.63, 3.8) is 0 Å². The summed E-state index contributed by atoms with van der Waals surface area (Å²) in [6, 6.07) is 0. The molecule has 0 spiro atoms. The molecular formula is C21H40O6. The molecule has 27 heavy (non-hydrogen) atoms. The first-order valence-electron chi connectivity index (χ1n) is 10.9. The first-order chi connectivity index (χ1) is 13.1. The Labute approximate surface area is 164 Å². The standard InChI is InChI=1S/C21H40O6/c1-16(14-26-20-10-3-5-12-24-20)18(22)8-7-9-19(23)17(2)15-27-21-11-4-6-13-25-21/h16-23H,3-15H2,1-2H3. The van der Waals surface area contributed by atoms with Gasteiger partial charge in [0.1, 0.15) is 0 Å². The SMILES string of the molecule is CC(COC1CCCCO1)C(O)CCCC(O)C(C)COC1CCCCO1. The number of aliphatic hydroxyl groups is 2. The van der Waals surface area contributed by atoms with E-state index in [1.807, 2.05) is 13.8 Å². The van der Waals surface area contributed by atoms with Gasteiger partial charge in [-0.3, -0.25) is 0 Å². The minimum Gasteiger partial charge on any atom is -0.393 e. The number of ether oxygens (including phenoxy) is 4. The van der Waals surface area contributed by atoms with Gasteiger partial charge in [-0.2, -0.15) is 0 Å². The molecule has 2 heterocycles. The largest absolute Gasteiger partial charge is 0.393 e. The van der Waals surface area contributed by atoms with E-state index in [4.69, 9.17) is 18.9 Å². The predicted molar refractivity (Wildman–Crippen MR) is 103 cm³/mol. The third-order valence-corrected chi connectivity index (χ3v) is 5.68. The summed E-state index contributed by atoms with van der Waals surface area (Å²) in [4.78, 5) is 0. The summed E-state index contributed by atoms with van der Waals surface area (Å²) in [5.74, 6) is 0.133. The van der Waals surface area contributed by atoms with Crippen LogP contribution in [0.1, 0.15) is 71.6 Å². The van der Waals surface area contributed by atoms with Crippen molar-refractivity contribution in [3.8, 4) is 0 Å². The van der Waals surface area contributed by atoms with Crippen molar-refractivity contribution in [1.82, 2.24) is 0 Å². The van der Waals surface area contributed by atoms with Crippen LogP contribution in [-0.2, 0) is 18.9 Å². The smallest absolute Gasteiger partial charge is 0.157 e. The number of hydrogen-bond acceptors (Lipinski definition) is 6. The van der Waals surface area contributed by atoms with Gasteiger partial charge >= 0.3 is 0 Å². The van der Waals surface area contributed by atoms with E-state index >= 15 is 0 Å². The predicted octanol–water partition coefficient (Wildman–Crippen LogP) is 3.24. The van der Waals surface area contributed by atoms with Crippen molar-refractivity contribution in [2.24, 2.45) is 11.8 Å². The van der Waals surface area contributed by atoms with Crippen LogP contribution in [0.15, 0.2) is 0 Å². The van der Waals surface area contributed by atoms with Gasteiger partial charge < -0.3 is 29.2 Å². The zero-order valence-corrected chi connectivity index (χ0v) is 17.2. The van der Waals surface area contributed by atoms with Crippen LogP contribution < -0.4 is 0 Å². The molecule has 0 aromatic heterocycles. The second-order valence-electron chi connectivity index (χ2n) is 8.28. The molecule has 0 radical (unpaired) electrons. The Morgan fingerprint density at radius 2 is 1.22 bits per heavy atom. The fourth-order valence-corrected chi connectivity index (χ4v) is 3.53. The first kappa shape index (κ1) is 23.0. The zero-order valence-electron chi connectivity index (χ0n) is 17.2. The molecule has 6 atom stereocenters. The maximum atomic E-state index is 10.3. The summed E-state index contributed by atoms with van der Waals surface area (Å²) in [5.41, 5.74) is 0. The highest BCUT2D eigenvalue weighted by Gasteiger charge is 2.22. The highest BCUT2D eigenvalue weighted by Crippen LogP contribution is 2.20. The second kappa shape index (κ2) is 13.1. The van der Waals surface area contributed by atoms with E-state index in [1.54, 1.807) is 0 Å². The molecule has 2 saturated heterocycles. The van der Waals surface area contributed by atoms with E-state index in [0.29, 0.717) is 26.1 Å². The molecule has 0 bridgehead atoms. The van der Waals surface area contributed by atoms with Crippen LogP contribution in [0.25, 0.3) is 0 Å². The minimum atomic E-state index is -0.414. The van der Waals surface area contributed by atoms with E-state index in [1.165, 1.54) is 0 Å². The molecule has 160 valence electrons. The van der Waals surface area contributed by atoms with Crippen LogP contribution in [0.4, 0.5) is 0 Å². The number of rotatable bonds is 12. The topological polar surface area (TPSA) is 77.4 Å². The summed E-state index contributed by atoms with van der Waals surface area (Å²) in [7, 11) is 0. The number of hydrogen-bond donors (Lipinski definition) is 2. The molecule has 0 aromatic carbocycles. The summed E-state index contributed by atoms with van der Waals surface area (Å²) >= 11 is 0. The first-order valence-corrected chi connectivity index (χ1v) is 10.9. The summed E-state index contributed by atoms with van der Waals surface area (Å²) in [6.07, 6.45) is 7.49. The van der Waals surface area contributed by atoms with Gasteiger partial charge in [0.25, 0.3) is 0 Å². The van der Waals surface area contributed by atoms with Gasteiger partial charge in [-0.25, -0.2) is 0 Å². The zero-order chi connectivity index (χ0) is 19.5. The van der Waals surface area contributed by atoms with E-state index in [0.717, 1.165) is 58.2 Å². The summed E-state index contributed by atoms with van der Waals surface area (Å²) in [6.45, 7) is 6.58. The molecule has 6 unspecified atom stereocenters. The van der Waals surface area contributed by atoms with Gasteiger partial charge in [-0.15, -0.1) is 0 Å². The van der Waals surface area contributed by atoms with Crippen molar-refractivity contribution >= 4 is 0 Å². The molecule has 6 heteroatoms. The number of aliphatic hydroxyl groups excluding tert-OH is 2. The summed E-state index contributed by atoms with van der Waals surface area (Å²) in [5, 5.41) is 20.7. The fraction of sp³-hybridized carbons (Fsp3) is 1.00. The normalized spacial score (nSPS) is 28.4. The van der Waals surface area contributed by atoms with Crippen LogP contribution in [0.5, 0.6) is 0 Å². The molecule has 2 aliphatic rings. The van der Waals surface area contributed by atoms with E-state index in [9.17, 15) is 10.2 Å².